The van der Waals surface area contributed by atoms with Gasteiger partial charge in [0.2, 0.25) is 5.91 Å². The van der Waals surface area contributed by atoms with E-state index in [0.29, 0.717) is 12.0 Å². The SMILES string of the molecule is CCCNC(C)C1CCCN(C(C)C(=O)N(CC)CC)C1. The number of carbonyl (C=O) groups is 1. The number of amides is 1. The zero-order valence-electron chi connectivity index (χ0n) is 14.7. The van der Waals surface area contributed by atoms with E-state index in [1.807, 2.05) is 4.90 Å². The smallest absolute Gasteiger partial charge is 0.239 e. The molecule has 1 saturated heterocycles. The minimum atomic E-state index is 0.0195. The molecule has 0 saturated carbocycles. The summed E-state index contributed by atoms with van der Waals surface area (Å²) in [6, 6.07) is 0.564. The van der Waals surface area contributed by atoms with Gasteiger partial charge >= 0.3 is 0 Å². The molecule has 0 aromatic carbocycles. The zero-order chi connectivity index (χ0) is 15.8. The summed E-state index contributed by atoms with van der Waals surface area (Å²) in [6.45, 7) is 15.5. The Balaban J connectivity index is 2.56. The molecule has 124 valence electrons. The summed E-state index contributed by atoms with van der Waals surface area (Å²) < 4.78 is 0. The first-order chi connectivity index (χ1) is 10.0. The first-order valence-electron chi connectivity index (χ1n) is 8.81. The lowest BCUT2D eigenvalue weighted by atomic mass is 9.90. The van der Waals surface area contributed by atoms with Crippen molar-refractivity contribution in [1.29, 1.82) is 0 Å². The molecular formula is C17H35N3O. The molecule has 0 aliphatic carbocycles. The molecule has 1 N–H and O–H groups in total. The number of hydrogen-bond acceptors (Lipinski definition) is 3. The van der Waals surface area contributed by atoms with Crippen LogP contribution in [0.5, 0.6) is 0 Å². The number of nitrogens with one attached hydrogen (secondary N) is 1. The fourth-order valence-electron chi connectivity index (χ4n) is 3.29. The largest absolute Gasteiger partial charge is 0.342 e. The molecule has 4 nitrogen and oxygen atoms in total. The lowest BCUT2D eigenvalue weighted by Crippen LogP contribution is -2.52. The minimum absolute atomic E-state index is 0.0195. The molecule has 3 unspecified atom stereocenters. The summed E-state index contributed by atoms with van der Waals surface area (Å²) in [5.74, 6) is 0.951. The van der Waals surface area contributed by atoms with E-state index < -0.39 is 0 Å². The summed E-state index contributed by atoms with van der Waals surface area (Å²) in [6.07, 6.45) is 3.66. The lowest BCUT2D eigenvalue weighted by Gasteiger charge is -2.40. The summed E-state index contributed by atoms with van der Waals surface area (Å²) in [5.41, 5.74) is 0. The van der Waals surface area contributed by atoms with E-state index in [1.165, 1.54) is 19.3 Å². The van der Waals surface area contributed by atoms with E-state index in [1.54, 1.807) is 0 Å². The molecule has 1 aliphatic heterocycles. The molecule has 0 bridgehead atoms. The van der Waals surface area contributed by atoms with Gasteiger partial charge in [-0.1, -0.05) is 6.92 Å². The number of likely N-dealkylation sites (N-methyl/N-ethyl adjacent to an activating group) is 1. The first-order valence-corrected chi connectivity index (χ1v) is 8.81. The topological polar surface area (TPSA) is 35.6 Å². The fourth-order valence-corrected chi connectivity index (χ4v) is 3.29. The number of hydrogen-bond donors (Lipinski definition) is 1. The third-order valence-electron chi connectivity index (χ3n) is 4.89. The van der Waals surface area contributed by atoms with Crippen LogP contribution in [0.15, 0.2) is 0 Å². The highest BCUT2D eigenvalue weighted by molar-refractivity contribution is 5.81. The Morgan fingerprint density at radius 1 is 1.29 bits per heavy atom. The Morgan fingerprint density at radius 2 is 1.95 bits per heavy atom. The second-order valence-electron chi connectivity index (χ2n) is 6.33. The van der Waals surface area contributed by atoms with Gasteiger partial charge < -0.3 is 10.2 Å². The summed E-state index contributed by atoms with van der Waals surface area (Å²) >= 11 is 0. The Bertz CT molecular complexity index is 304. The van der Waals surface area contributed by atoms with Gasteiger partial charge in [-0.3, -0.25) is 9.69 Å². The van der Waals surface area contributed by atoms with Crippen LogP contribution in [0.1, 0.15) is 53.9 Å². The molecule has 3 atom stereocenters. The van der Waals surface area contributed by atoms with Crippen molar-refractivity contribution in [2.24, 2.45) is 5.92 Å². The van der Waals surface area contributed by atoms with Crippen molar-refractivity contribution in [3.8, 4) is 0 Å². The maximum Gasteiger partial charge on any atom is 0.239 e. The molecular weight excluding hydrogens is 262 g/mol. The van der Waals surface area contributed by atoms with E-state index in [-0.39, 0.29) is 11.9 Å². The normalized spacial score (nSPS) is 22.8. The van der Waals surface area contributed by atoms with Crippen LogP contribution in [-0.2, 0) is 4.79 Å². The number of rotatable bonds is 8. The van der Waals surface area contributed by atoms with Crippen molar-refractivity contribution in [2.75, 3.05) is 32.7 Å². The zero-order valence-corrected chi connectivity index (χ0v) is 14.7. The van der Waals surface area contributed by atoms with Crippen molar-refractivity contribution < 1.29 is 4.79 Å². The molecule has 1 amide bonds. The molecule has 0 aromatic heterocycles. The predicted molar refractivity (Wildman–Crippen MR) is 89.4 cm³/mol. The Morgan fingerprint density at radius 3 is 2.52 bits per heavy atom. The Hall–Kier alpha value is -0.610. The van der Waals surface area contributed by atoms with Gasteiger partial charge in [0.05, 0.1) is 6.04 Å². The quantitative estimate of drug-likeness (QED) is 0.747. The minimum Gasteiger partial charge on any atom is -0.342 e. The number of piperidine rings is 1. The number of carbonyl (C=O) groups excluding carboxylic acids is 1. The third kappa shape index (κ3) is 5.26. The molecule has 1 rings (SSSR count). The standard InChI is InChI=1S/C17H35N3O/c1-6-11-18-14(4)16-10-9-12-20(13-16)15(5)17(21)19(7-2)8-3/h14-16,18H,6-13H2,1-5H3. The van der Waals surface area contributed by atoms with Crippen LogP contribution < -0.4 is 5.32 Å². The van der Waals surface area contributed by atoms with Gasteiger partial charge in [-0.25, -0.2) is 0 Å². The van der Waals surface area contributed by atoms with Gasteiger partial charge in [-0.15, -0.1) is 0 Å². The lowest BCUT2D eigenvalue weighted by molar-refractivity contribution is -0.136. The van der Waals surface area contributed by atoms with Gasteiger partial charge in [0.15, 0.2) is 0 Å². The maximum atomic E-state index is 12.5. The molecule has 1 fully saturated rings. The number of likely N-dealkylation sites (tertiary alicyclic amines) is 1. The van der Waals surface area contributed by atoms with E-state index in [0.717, 1.165) is 32.7 Å². The molecule has 0 aromatic rings. The molecule has 1 heterocycles. The second-order valence-corrected chi connectivity index (χ2v) is 6.33. The average molecular weight is 297 g/mol. The molecule has 21 heavy (non-hydrogen) atoms. The van der Waals surface area contributed by atoms with E-state index in [9.17, 15) is 4.79 Å². The summed E-state index contributed by atoms with van der Waals surface area (Å²) in [4.78, 5) is 16.9. The second kappa shape index (κ2) is 9.42. The fraction of sp³-hybridized carbons (Fsp3) is 0.941. The van der Waals surface area contributed by atoms with E-state index in [2.05, 4.69) is 44.8 Å². The van der Waals surface area contributed by atoms with E-state index in [4.69, 9.17) is 0 Å². The van der Waals surface area contributed by atoms with Crippen LogP contribution in [0.2, 0.25) is 0 Å². The van der Waals surface area contributed by atoms with Gasteiger partial charge in [0.1, 0.15) is 0 Å². The molecule has 4 heteroatoms. The monoisotopic (exact) mass is 297 g/mol. The van der Waals surface area contributed by atoms with Gasteiger partial charge in [-0.05, 0) is 66.0 Å². The van der Waals surface area contributed by atoms with Crippen molar-refractivity contribution in [3.05, 3.63) is 0 Å². The third-order valence-corrected chi connectivity index (χ3v) is 4.89. The molecule has 0 spiro atoms. The van der Waals surface area contributed by atoms with Crippen LogP contribution in [0.25, 0.3) is 0 Å². The van der Waals surface area contributed by atoms with Gasteiger partial charge in [0.25, 0.3) is 0 Å². The van der Waals surface area contributed by atoms with Gasteiger partial charge in [-0.2, -0.15) is 0 Å². The van der Waals surface area contributed by atoms with Crippen molar-refractivity contribution >= 4 is 5.91 Å². The first kappa shape index (κ1) is 18.4. The number of nitrogens with zero attached hydrogens (tertiary/aromatic N) is 2. The van der Waals surface area contributed by atoms with E-state index >= 15 is 0 Å². The molecule has 1 aliphatic rings. The highest BCUT2D eigenvalue weighted by Crippen LogP contribution is 2.22. The van der Waals surface area contributed by atoms with Gasteiger partial charge in [0, 0.05) is 25.7 Å². The maximum absolute atomic E-state index is 12.5. The van der Waals surface area contributed by atoms with Crippen LogP contribution >= 0.6 is 0 Å². The van der Waals surface area contributed by atoms with Crippen LogP contribution in [-0.4, -0.2) is 60.5 Å². The van der Waals surface area contributed by atoms with Crippen molar-refractivity contribution in [2.45, 2.75) is 66.0 Å². The highest BCUT2D eigenvalue weighted by Gasteiger charge is 2.31. The molecule has 0 radical (unpaired) electrons. The van der Waals surface area contributed by atoms with Crippen molar-refractivity contribution in [3.63, 3.8) is 0 Å². The summed E-state index contributed by atoms with van der Waals surface area (Å²) in [7, 11) is 0. The van der Waals surface area contributed by atoms with Crippen LogP contribution in [0.3, 0.4) is 0 Å². The Labute approximate surface area is 131 Å². The summed E-state index contributed by atoms with van der Waals surface area (Å²) in [5, 5.41) is 3.61. The predicted octanol–water partition coefficient (Wildman–Crippen LogP) is 2.34. The highest BCUT2D eigenvalue weighted by atomic mass is 16.2. The van der Waals surface area contributed by atoms with Crippen molar-refractivity contribution in [1.82, 2.24) is 15.1 Å². The average Bonchev–Trinajstić information content (AvgIpc) is 2.52. The Kier molecular flexibility index (Phi) is 8.27. The van der Waals surface area contributed by atoms with Crippen LogP contribution in [0.4, 0.5) is 0 Å². The van der Waals surface area contributed by atoms with Crippen LogP contribution in [0, 0.1) is 5.92 Å².